The molecule has 2 aromatic rings. The van der Waals surface area contributed by atoms with Crippen LogP contribution in [-0.2, 0) is 6.42 Å². The molecule has 0 aromatic heterocycles. The fourth-order valence-electron chi connectivity index (χ4n) is 2.22. The van der Waals surface area contributed by atoms with Crippen LogP contribution in [0.2, 0.25) is 0 Å². The Bertz CT molecular complexity index is 531. The zero-order chi connectivity index (χ0) is 15.1. The molecule has 2 aromatic carbocycles. The number of ether oxygens (including phenoxy) is 2. The van der Waals surface area contributed by atoms with Crippen molar-refractivity contribution in [3.63, 3.8) is 0 Å². The summed E-state index contributed by atoms with van der Waals surface area (Å²) in [4.78, 5) is 0. The predicted octanol–water partition coefficient (Wildman–Crippen LogP) is 3.76. The van der Waals surface area contributed by atoms with Crippen molar-refractivity contribution < 1.29 is 14.6 Å². The number of aryl methyl sites for hydroxylation is 1. The van der Waals surface area contributed by atoms with E-state index in [1.54, 1.807) is 7.11 Å². The highest BCUT2D eigenvalue weighted by molar-refractivity contribution is 5.29. The van der Waals surface area contributed by atoms with E-state index in [9.17, 15) is 5.11 Å². The molecule has 0 bridgehead atoms. The van der Waals surface area contributed by atoms with E-state index in [1.165, 1.54) is 5.56 Å². The second-order valence-corrected chi connectivity index (χ2v) is 4.90. The summed E-state index contributed by atoms with van der Waals surface area (Å²) in [6.07, 6.45) is 1.07. The molecular weight excluding hydrogens is 264 g/mol. The summed E-state index contributed by atoms with van der Waals surface area (Å²) in [5.41, 5.74) is 2.12. The monoisotopic (exact) mass is 286 g/mol. The van der Waals surface area contributed by atoms with Gasteiger partial charge in [0.05, 0.1) is 19.8 Å². The summed E-state index contributed by atoms with van der Waals surface area (Å²) >= 11 is 0. The maximum atomic E-state index is 10.2. The molecule has 0 spiro atoms. The highest BCUT2D eigenvalue weighted by atomic mass is 16.5. The molecule has 1 N–H and O–H groups in total. The number of aliphatic hydroxyl groups is 1. The van der Waals surface area contributed by atoms with Crippen molar-refractivity contribution in [1.82, 2.24) is 0 Å². The maximum absolute atomic E-state index is 10.2. The van der Waals surface area contributed by atoms with E-state index in [-0.39, 0.29) is 0 Å². The van der Waals surface area contributed by atoms with Crippen molar-refractivity contribution in [3.8, 4) is 11.5 Å². The molecule has 0 aliphatic carbocycles. The second kappa shape index (κ2) is 7.70. The zero-order valence-corrected chi connectivity index (χ0v) is 12.6. The summed E-state index contributed by atoms with van der Waals surface area (Å²) in [6.45, 7) is 2.61. The lowest BCUT2D eigenvalue weighted by Crippen LogP contribution is -2.00. The zero-order valence-electron chi connectivity index (χ0n) is 12.6. The lowest BCUT2D eigenvalue weighted by molar-refractivity contribution is 0.167. The SMILES string of the molecule is CCOc1ccc(C(O)CCc2ccc(OC)cc2)cc1. The standard InChI is InChI=1S/C18H22O3/c1-3-21-17-11-7-15(8-12-17)18(19)13-6-14-4-9-16(20-2)10-5-14/h4-5,7-12,18-19H,3,6,13H2,1-2H3. The van der Waals surface area contributed by atoms with E-state index >= 15 is 0 Å². The molecule has 0 heterocycles. The molecule has 0 aliphatic heterocycles. The van der Waals surface area contributed by atoms with Gasteiger partial charge in [-0.15, -0.1) is 0 Å². The molecule has 0 fully saturated rings. The minimum absolute atomic E-state index is 0.456. The first kappa shape index (κ1) is 15.4. The van der Waals surface area contributed by atoms with Crippen LogP contribution < -0.4 is 9.47 Å². The summed E-state index contributed by atoms with van der Waals surface area (Å²) < 4.78 is 10.5. The van der Waals surface area contributed by atoms with E-state index in [0.717, 1.165) is 23.5 Å². The van der Waals surface area contributed by atoms with E-state index in [2.05, 4.69) is 0 Å². The molecule has 0 radical (unpaired) electrons. The highest BCUT2D eigenvalue weighted by Gasteiger charge is 2.08. The van der Waals surface area contributed by atoms with Crippen molar-refractivity contribution >= 4 is 0 Å². The topological polar surface area (TPSA) is 38.7 Å². The minimum Gasteiger partial charge on any atom is -0.497 e. The van der Waals surface area contributed by atoms with Gasteiger partial charge in [0, 0.05) is 0 Å². The van der Waals surface area contributed by atoms with Gasteiger partial charge in [0.2, 0.25) is 0 Å². The van der Waals surface area contributed by atoms with Gasteiger partial charge in [0.1, 0.15) is 11.5 Å². The number of rotatable bonds is 7. The molecule has 1 atom stereocenters. The van der Waals surface area contributed by atoms with Gasteiger partial charge in [0.25, 0.3) is 0 Å². The average molecular weight is 286 g/mol. The molecule has 0 amide bonds. The fourth-order valence-corrected chi connectivity index (χ4v) is 2.22. The van der Waals surface area contributed by atoms with Crippen molar-refractivity contribution in [2.75, 3.05) is 13.7 Å². The molecule has 21 heavy (non-hydrogen) atoms. The van der Waals surface area contributed by atoms with Crippen molar-refractivity contribution in [1.29, 1.82) is 0 Å². The van der Waals surface area contributed by atoms with Gasteiger partial charge in [-0.2, -0.15) is 0 Å². The molecule has 2 rings (SSSR count). The Labute approximate surface area is 126 Å². The third-order valence-corrected chi connectivity index (χ3v) is 3.44. The van der Waals surface area contributed by atoms with Crippen molar-refractivity contribution in [3.05, 3.63) is 59.7 Å². The number of methoxy groups -OCH3 is 1. The third kappa shape index (κ3) is 4.50. The average Bonchev–Trinajstić information content (AvgIpc) is 2.54. The van der Waals surface area contributed by atoms with Crippen LogP contribution in [0.3, 0.4) is 0 Å². The Morgan fingerprint density at radius 2 is 1.57 bits per heavy atom. The number of aliphatic hydroxyl groups excluding tert-OH is 1. The lowest BCUT2D eigenvalue weighted by Gasteiger charge is -2.12. The molecule has 0 saturated heterocycles. The first-order chi connectivity index (χ1) is 10.2. The van der Waals surface area contributed by atoms with Crippen LogP contribution in [0.15, 0.2) is 48.5 Å². The van der Waals surface area contributed by atoms with Crippen molar-refractivity contribution in [2.24, 2.45) is 0 Å². The van der Waals surface area contributed by atoms with E-state index in [0.29, 0.717) is 13.0 Å². The quantitative estimate of drug-likeness (QED) is 0.842. The first-order valence-corrected chi connectivity index (χ1v) is 7.26. The Kier molecular flexibility index (Phi) is 5.64. The summed E-state index contributed by atoms with van der Waals surface area (Å²) in [6, 6.07) is 15.6. The van der Waals surface area contributed by atoms with Gasteiger partial charge < -0.3 is 14.6 Å². The van der Waals surface area contributed by atoms with Crippen LogP contribution >= 0.6 is 0 Å². The number of hydrogen-bond donors (Lipinski definition) is 1. The minimum atomic E-state index is -0.456. The van der Waals surface area contributed by atoms with Crippen LogP contribution in [-0.4, -0.2) is 18.8 Å². The van der Waals surface area contributed by atoms with E-state index in [1.807, 2.05) is 55.5 Å². The maximum Gasteiger partial charge on any atom is 0.119 e. The number of hydrogen-bond acceptors (Lipinski definition) is 3. The molecule has 3 heteroatoms. The Morgan fingerprint density at radius 3 is 2.14 bits per heavy atom. The normalized spacial score (nSPS) is 12.0. The Balaban J connectivity index is 1.89. The van der Waals surface area contributed by atoms with Crippen LogP contribution in [0.5, 0.6) is 11.5 Å². The summed E-state index contributed by atoms with van der Waals surface area (Å²) in [5.74, 6) is 1.69. The lowest BCUT2D eigenvalue weighted by atomic mass is 10.0. The van der Waals surface area contributed by atoms with Crippen LogP contribution in [0.25, 0.3) is 0 Å². The molecular formula is C18H22O3. The summed E-state index contributed by atoms with van der Waals surface area (Å²) in [7, 11) is 1.66. The van der Waals surface area contributed by atoms with Gasteiger partial charge in [0.15, 0.2) is 0 Å². The Hall–Kier alpha value is -2.00. The first-order valence-electron chi connectivity index (χ1n) is 7.26. The van der Waals surface area contributed by atoms with Crippen molar-refractivity contribution in [2.45, 2.75) is 25.9 Å². The van der Waals surface area contributed by atoms with Gasteiger partial charge in [-0.25, -0.2) is 0 Å². The van der Waals surface area contributed by atoms with Crippen LogP contribution in [0.4, 0.5) is 0 Å². The smallest absolute Gasteiger partial charge is 0.119 e. The molecule has 0 saturated carbocycles. The van der Waals surface area contributed by atoms with E-state index < -0.39 is 6.10 Å². The molecule has 1 unspecified atom stereocenters. The summed E-state index contributed by atoms with van der Waals surface area (Å²) in [5, 5.41) is 10.2. The highest BCUT2D eigenvalue weighted by Crippen LogP contribution is 2.22. The Morgan fingerprint density at radius 1 is 0.952 bits per heavy atom. The fraction of sp³-hybridized carbons (Fsp3) is 0.333. The molecule has 3 nitrogen and oxygen atoms in total. The van der Waals surface area contributed by atoms with E-state index in [4.69, 9.17) is 9.47 Å². The largest absolute Gasteiger partial charge is 0.497 e. The van der Waals surface area contributed by atoms with Gasteiger partial charge in [-0.1, -0.05) is 24.3 Å². The van der Waals surface area contributed by atoms with Gasteiger partial charge in [-0.3, -0.25) is 0 Å². The van der Waals surface area contributed by atoms with Gasteiger partial charge >= 0.3 is 0 Å². The molecule has 0 aliphatic rings. The third-order valence-electron chi connectivity index (χ3n) is 3.44. The van der Waals surface area contributed by atoms with Crippen LogP contribution in [0.1, 0.15) is 30.6 Å². The van der Waals surface area contributed by atoms with Crippen LogP contribution in [0, 0.1) is 0 Å². The number of benzene rings is 2. The molecule has 112 valence electrons. The van der Waals surface area contributed by atoms with Gasteiger partial charge in [-0.05, 0) is 55.2 Å². The second-order valence-electron chi connectivity index (χ2n) is 4.90. The predicted molar refractivity (Wildman–Crippen MR) is 83.9 cm³/mol.